The van der Waals surface area contributed by atoms with E-state index in [1.165, 1.54) is 12.1 Å². The van der Waals surface area contributed by atoms with Crippen LogP contribution < -0.4 is 5.32 Å². The number of nitrogens with one attached hydrogen (secondary N) is 1. The van der Waals surface area contributed by atoms with Crippen LogP contribution in [-0.4, -0.2) is 34.7 Å². The van der Waals surface area contributed by atoms with E-state index in [9.17, 15) is 35.9 Å². The van der Waals surface area contributed by atoms with Crippen LogP contribution in [0.1, 0.15) is 43.7 Å². The maximum atomic E-state index is 13.1. The lowest BCUT2D eigenvalue weighted by Gasteiger charge is -2.64. The molecular formula is C21H20ClF6NO3. The molecule has 0 saturated heterocycles. The van der Waals surface area contributed by atoms with Crippen molar-refractivity contribution >= 4 is 23.5 Å². The monoisotopic (exact) mass is 483 g/mol. The molecular weight excluding hydrogens is 464 g/mol. The largest absolute Gasteiger partial charge is 0.490 e. The van der Waals surface area contributed by atoms with E-state index in [0.717, 1.165) is 0 Å². The minimum atomic E-state index is -5.27. The molecule has 4 aliphatic carbocycles. The molecule has 11 heteroatoms. The van der Waals surface area contributed by atoms with Crippen LogP contribution in [0.15, 0.2) is 30.3 Å². The number of ether oxygens (including phenoxy) is 1. The van der Waals surface area contributed by atoms with Gasteiger partial charge in [-0.2, -0.15) is 26.3 Å². The third-order valence-corrected chi connectivity index (χ3v) is 7.32. The van der Waals surface area contributed by atoms with Gasteiger partial charge in [0.1, 0.15) is 5.60 Å². The second-order valence-corrected chi connectivity index (χ2v) is 9.94. The van der Waals surface area contributed by atoms with Crippen LogP contribution in [-0.2, 0) is 14.3 Å². The second-order valence-electron chi connectivity index (χ2n) is 9.14. The number of rotatable bonds is 4. The lowest BCUT2D eigenvalue weighted by molar-refractivity contribution is -0.245. The summed E-state index contributed by atoms with van der Waals surface area (Å²) in [6.45, 7) is 0. The van der Waals surface area contributed by atoms with E-state index in [2.05, 4.69) is 0 Å². The number of halogens is 7. The van der Waals surface area contributed by atoms with Crippen LogP contribution in [0.25, 0.3) is 0 Å². The lowest BCUT2D eigenvalue weighted by atomic mass is 9.47. The Morgan fingerprint density at radius 2 is 1.69 bits per heavy atom. The van der Waals surface area contributed by atoms with E-state index in [1.807, 2.05) is 5.32 Å². The molecule has 176 valence electrons. The van der Waals surface area contributed by atoms with Gasteiger partial charge in [0.25, 0.3) is 0 Å². The smallest absolute Gasteiger partial charge is 0.452 e. The third kappa shape index (κ3) is 4.18. The summed E-state index contributed by atoms with van der Waals surface area (Å²) >= 11 is 6.67. The highest BCUT2D eigenvalue weighted by Crippen LogP contribution is 2.66. The van der Waals surface area contributed by atoms with Crippen molar-refractivity contribution < 1.29 is 40.7 Å². The zero-order valence-corrected chi connectivity index (χ0v) is 17.4. The van der Waals surface area contributed by atoms with E-state index in [0.29, 0.717) is 19.3 Å². The molecule has 0 spiro atoms. The summed E-state index contributed by atoms with van der Waals surface area (Å²) in [6, 6.07) is 6.39. The number of carbonyl (C=O) groups is 2. The van der Waals surface area contributed by atoms with Crippen LogP contribution >= 0.6 is 11.6 Å². The highest BCUT2D eigenvalue weighted by Gasteiger charge is 2.67. The molecule has 4 bridgehead atoms. The standard InChI is InChI=1S/C21H20ClF6NO3/c22-18-7-11-6-13(9-18)14(19(8-11,10-18)32-17(31)21(26,27)28)15(12-4-2-1-3-5-12)29-16(30)20(23,24)25/h1-5,11,13-15H,6-10H2,(H,29,30)/t11-,13+,14-,15-,18+,19+/m0/s1. The molecule has 1 amide bonds. The van der Waals surface area contributed by atoms with E-state index in [-0.39, 0.29) is 24.3 Å². The molecule has 6 atom stereocenters. The Hall–Kier alpha value is -1.97. The Kier molecular flexibility index (Phi) is 5.46. The van der Waals surface area contributed by atoms with Crippen LogP contribution in [0.2, 0.25) is 0 Å². The van der Waals surface area contributed by atoms with E-state index in [4.69, 9.17) is 16.3 Å². The number of hydrogen-bond donors (Lipinski definition) is 1. The minimum absolute atomic E-state index is 0.0513. The molecule has 1 aromatic carbocycles. The molecule has 0 radical (unpaired) electrons. The van der Waals surface area contributed by atoms with E-state index < -0.39 is 52.6 Å². The average molecular weight is 484 g/mol. The van der Waals surface area contributed by atoms with E-state index >= 15 is 0 Å². The third-order valence-electron chi connectivity index (χ3n) is 6.87. The van der Waals surface area contributed by atoms with Gasteiger partial charge < -0.3 is 10.1 Å². The maximum absolute atomic E-state index is 13.1. The van der Waals surface area contributed by atoms with Gasteiger partial charge in [-0.15, -0.1) is 11.6 Å². The fourth-order valence-electron chi connectivity index (χ4n) is 6.25. The normalized spacial score (nSPS) is 34.8. The van der Waals surface area contributed by atoms with Crippen molar-refractivity contribution in [3.63, 3.8) is 0 Å². The van der Waals surface area contributed by atoms with Crippen molar-refractivity contribution in [2.45, 2.75) is 61.0 Å². The first-order valence-electron chi connectivity index (χ1n) is 10.1. The second kappa shape index (κ2) is 7.53. The van der Waals surface area contributed by atoms with Crippen molar-refractivity contribution in [1.29, 1.82) is 0 Å². The number of carbonyl (C=O) groups excluding carboxylic acids is 2. The Balaban J connectivity index is 1.79. The van der Waals surface area contributed by atoms with Gasteiger partial charge in [-0.3, -0.25) is 4.79 Å². The van der Waals surface area contributed by atoms with Crippen LogP contribution in [0.5, 0.6) is 0 Å². The summed E-state index contributed by atoms with van der Waals surface area (Å²) in [5.74, 6) is -6.15. The summed E-state index contributed by atoms with van der Waals surface area (Å²) in [4.78, 5) is 22.9. The topological polar surface area (TPSA) is 55.4 Å². The molecule has 1 aromatic rings. The van der Waals surface area contributed by atoms with Crippen molar-refractivity contribution in [2.24, 2.45) is 17.8 Å². The van der Waals surface area contributed by atoms with Gasteiger partial charge in [0.05, 0.1) is 6.04 Å². The Morgan fingerprint density at radius 3 is 2.25 bits per heavy atom. The Bertz CT molecular complexity index is 907. The van der Waals surface area contributed by atoms with Crippen molar-refractivity contribution in [2.75, 3.05) is 0 Å². The molecule has 4 aliphatic rings. The number of esters is 1. The Morgan fingerprint density at radius 1 is 1.03 bits per heavy atom. The molecule has 4 fully saturated rings. The molecule has 0 aliphatic heterocycles. The first kappa shape index (κ1) is 23.2. The fourth-order valence-corrected chi connectivity index (χ4v) is 6.89. The van der Waals surface area contributed by atoms with Crippen molar-refractivity contribution in [3.8, 4) is 0 Å². The highest BCUT2D eigenvalue weighted by atomic mass is 35.5. The van der Waals surface area contributed by atoms with Gasteiger partial charge >= 0.3 is 24.2 Å². The predicted octanol–water partition coefficient (Wildman–Crippen LogP) is 5.07. The zero-order chi connectivity index (χ0) is 23.5. The highest BCUT2D eigenvalue weighted by molar-refractivity contribution is 6.24. The summed E-state index contributed by atoms with van der Waals surface area (Å²) in [5.41, 5.74) is -1.45. The summed E-state index contributed by atoms with van der Waals surface area (Å²) in [6.07, 6.45) is -9.12. The number of benzene rings is 1. The molecule has 32 heavy (non-hydrogen) atoms. The van der Waals surface area contributed by atoms with Crippen LogP contribution in [0.4, 0.5) is 26.3 Å². The molecule has 4 nitrogen and oxygen atoms in total. The Labute approximate surface area is 184 Å². The molecule has 5 rings (SSSR count). The van der Waals surface area contributed by atoms with E-state index in [1.54, 1.807) is 18.2 Å². The number of hydrogen-bond acceptors (Lipinski definition) is 3. The van der Waals surface area contributed by atoms with Crippen LogP contribution in [0.3, 0.4) is 0 Å². The average Bonchev–Trinajstić information content (AvgIpc) is 2.64. The van der Waals surface area contributed by atoms with Crippen molar-refractivity contribution in [3.05, 3.63) is 35.9 Å². The zero-order valence-electron chi connectivity index (χ0n) is 16.6. The summed E-state index contributed by atoms with van der Waals surface area (Å²) < 4.78 is 83.8. The van der Waals surface area contributed by atoms with Crippen molar-refractivity contribution in [1.82, 2.24) is 5.32 Å². The quantitative estimate of drug-likeness (QED) is 0.370. The van der Waals surface area contributed by atoms with Gasteiger partial charge in [0.15, 0.2) is 0 Å². The first-order valence-corrected chi connectivity index (χ1v) is 10.5. The first-order chi connectivity index (χ1) is 14.7. The molecule has 1 N–H and O–H groups in total. The molecule has 4 saturated carbocycles. The SMILES string of the molecule is O=C(N[C@@H](c1ccccc1)[C@@H]1[C@@H]2C[C@H]3C[C@@](Cl)(C2)C[C@]1(OC(=O)C(F)(F)F)C3)C(F)(F)F. The van der Waals surface area contributed by atoms with Gasteiger partial charge in [-0.05, 0) is 43.1 Å². The molecule has 0 heterocycles. The number of alkyl halides is 7. The molecule has 0 aromatic heterocycles. The summed E-state index contributed by atoms with van der Waals surface area (Å²) in [5, 5.41) is 1.97. The van der Waals surface area contributed by atoms with Crippen LogP contribution in [0, 0.1) is 17.8 Å². The van der Waals surface area contributed by atoms with Gasteiger partial charge in [-0.1, -0.05) is 30.3 Å². The van der Waals surface area contributed by atoms with Gasteiger partial charge in [0.2, 0.25) is 0 Å². The minimum Gasteiger partial charge on any atom is -0.452 e. The maximum Gasteiger partial charge on any atom is 0.490 e. The van der Waals surface area contributed by atoms with Gasteiger partial charge in [0, 0.05) is 17.2 Å². The number of amides is 1. The molecule has 0 unspecified atom stereocenters. The predicted molar refractivity (Wildman–Crippen MR) is 100 cm³/mol. The van der Waals surface area contributed by atoms with Gasteiger partial charge in [-0.25, -0.2) is 4.79 Å². The lowest BCUT2D eigenvalue weighted by Crippen LogP contribution is -2.67. The fraction of sp³-hybridized carbons (Fsp3) is 0.619. The summed E-state index contributed by atoms with van der Waals surface area (Å²) in [7, 11) is 0.